The molecule has 0 amide bonds. The van der Waals surface area contributed by atoms with Gasteiger partial charge < -0.3 is 5.73 Å². The Balaban J connectivity index is 2.05. The molecule has 2 unspecified atom stereocenters. The molecule has 1 nitrogen and oxygen atoms in total. The van der Waals surface area contributed by atoms with Gasteiger partial charge in [0.25, 0.3) is 0 Å². The van der Waals surface area contributed by atoms with Crippen LogP contribution in [0.25, 0.3) is 0 Å². The predicted octanol–water partition coefficient (Wildman–Crippen LogP) is 4.92. The standard InChI is InChI=1S/C19H31N/c1-4-6-17-7-5-11-19(20,12-10-17)14-18-13-15(2)8-9-16(18)3/h8-9,13,17H,4-7,10-12,14,20H2,1-3H3. The van der Waals surface area contributed by atoms with E-state index in [2.05, 4.69) is 39.0 Å². The molecule has 1 aromatic carbocycles. The first-order valence-electron chi connectivity index (χ1n) is 8.37. The summed E-state index contributed by atoms with van der Waals surface area (Å²) in [6, 6.07) is 6.77. The largest absolute Gasteiger partial charge is 0.325 e. The van der Waals surface area contributed by atoms with Crippen molar-refractivity contribution in [3.8, 4) is 0 Å². The summed E-state index contributed by atoms with van der Waals surface area (Å²) < 4.78 is 0. The van der Waals surface area contributed by atoms with E-state index < -0.39 is 0 Å². The summed E-state index contributed by atoms with van der Waals surface area (Å²) in [7, 11) is 0. The summed E-state index contributed by atoms with van der Waals surface area (Å²) in [6.45, 7) is 6.70. The van der Waals surface area contributed by atoms with Gasteiger partial charge in [0.1, 0.15) is 0 Å². The van der Waals surface area contributed by atoms with Crippen molar-refractivity contribution in [2.24, 2.45) is 11.7 Å². The third kappa shape index (κ3) is 4.09. The first-order valence-corrected chi connectivity index (χ1v) is 8.37. The minimum atomic E-state index is 0.0288. The van der Waals surface area contributed by atoms with Crippen molar-refractivity contribution >= 4 is 0 Å². The second kappa shape index (κ2) is 6.76. The summed E-state index contributed by atoms with van der Waals surface area (Å²) in [5, 5.41) is 0. The molecule has 0 spiro atoms. The van der Waals surface area contributed by atoms with Crippen molar-refractivity contribution in [1.29, 1.82) is 0 Å². The number of nitrogens with two attached hydrogens (primary N) is 1. The van der Waals surface area contributed by atoms with E-state index in [-0.39, 0.29) is 5.54 Å². The lowest BCUT2D eigenvalue weighted by Crippen LogP contribution is -2.41. The normalized spacial score (nSPS) is 27.3. The smallest absolute Gasteiger partial charge is 0.0195 e. The average Bonchev–Trinajstić information content (AvgIpc) is 2.57. The van der Waals surface area contributed by atoms with Crippen LogP contribution in [0.5, 0.6) is 0 Å². The monoisotopic (exact) mass is 273 g/mol. The maximum Gasteiger partial charge on any atom is 0.0195 e. The summed E-state index contributed by atoms with van der Waals surface area (Å²) >= 11 is 0. The summed E-state index contributed by atoms with van der Waals surface area (Å²) in [5.74, 6) is 0.920. The van der Waals surface area contributed by atoms with Crippen molar-refractivity contribution < 1.29 is 0 Å². The molecule has 1 saturated carbocycles. The Labute approximate surface area is 125 Å². The SMILES string of the molecule is CCCC1CCCC(N)(Cc2cc(C)ccc2C)CC1. The van der Waals surface area contributed by atoms with Gasteiger partial charge in [-0.2, -0.15) is 0 Å². The first kappa shape index (κ1) is 15.6. The van der Waals surface area contributed by atoms with E-state index in [9.17, 15) is 0 Å². The van der Waals surface area contributed by atoms with Crippen molar-refractivity contribution in [3.63, 3.8) is 0 Å². The van der Waals surface area contributed by atoms with Crippen molar-refractivity contribution in [2.45, 2.75) is 77.7 Å². The molecule has 0 saturated heterocycles. The molecule has 1 aliphatic carbocycles. The van der Waals surface area contributed by atoms with E-state index in [0.29, 0.717) is 0 Å². The van der Waals surface area contributed by atoms with Crippen LogP contribution in [0.3, 0.4) is 0 Å². The average molecular weight is 273 g/mol. The Morgan fingerprint density at radius 3 is 2.75 bits per heavy atom. The fraction of sp³-hybridized carbons (Fsp3) is 0.684. The van der Waals surface area contributed by atoms with E-state index >= 15 is 0 Å². The van der Waals surface area contributed by atoms with Crippen molar-refractivity contribution in [1.82, 2.24) is 0 Å². The molecule has 2 N–H and O–H groups in total. The second-order valence-electron chi connectivity index (χ2n) is 7.05. The molecule has 0 radical (unpaired) electrons. The van der Waals surface area contributed by atoms with Crippen LogP contribution in [-0.2, 0) is 6.42 Å². The Morgan fingerprint density at radius 1 is 1.20 bits per heavy atom. The van der Waals surface area contributed by atoms with Crippen LogP contribution >= 0.6 is 0 Å². The van der Waals surface area contributed by atoms with E-state index in [1.165, 1.54) is 61.6 Å². The van der Waals surface area contributed by atoms with Gasteiger partial charge in [0.15, 0.2) is 0 Å². The molecule has 0 bridgehead atoms. The lowest BCUT2D eigenvalue weighted by molar-refractivity contribution is 0.354. The number of hydrogen-bond donors (Lipinski definition) is 1. The number of aryl methyl sites for hydroxylation is 2. The molecule has 1 aromatic rings. The minimum absolute atomic E-state index is 0.0288. The quantitative estimate of drug-likeness (QED) is 0.774. The van der Waals surface area contributed by atoms with Crippen LogP contribution in [0.4, 0.5) is 0 Å². The van der Waals surface area contributed by atoms with Gasteiger partial charge in [-0.25, -0.2) is 0 Å². The first-order chi connectivity index (χ1) is 9.52. The molecule has 0 aliphatic heterocycles. The fourth-order valence-electron chi connectivity index (χ4n) is 3.75. The van der Waals surface area contributed by atoms with Gasteiger partial charge in [-0.1, -0.05) is 56.4 Å². The molecule has 1 aliphatic rings. The zero-order valence-electron chi connectivity index (χ0n) is 13.5. The second-order valence-corrected chi connectivity index (χ2v) is 7.05. The van der Waals surface area contributed by atoms with Crippen LogP contribution in [0.1, 0.15) is 68.6 Å². The molecular formula is C19H31N. The van der Waals surface area contributed by atoms with Gasteiger partial charge in [-0.05, 0) is 56.6 Å². The van der Waals surface area contributed by atoms with Crippen molar-refractivity contribution in [3.05, 3.63) is 34.9 Å². The van der Waals surface area contributed by atoms with Gasteiger partial charge in [0.05, 0.1) is 0 Å². The molecule has 112 valence electrons. The number of benzene rings is 1. The predicted molar refractivity (Wildman–Crippen MR) is 88.0 cm³/mol. The lowest BCUT2D eigenvalue weighted by Gasteiger charge is -2.29. The number of hydrogen-bond acceptors (Lipinski definition) is 1. The van der Waals surface area contributed by atoms with Crippen LogP contribution in [0, 0.1) is 19.8 Å². The van der Waals surface area contributed by atoms with Crippen LogP contribution in [0.2, 0.25) is 0 Å². The Kier molecular flexibility index (Phi) is 5.26. The van der Waals surface area contributed by atoms with Crippen LogP contribution in [-0.4, -0.2) is 5.54 Å². The van der Waals surface area contributed by atoms with E-state index in [0.717, 1.165) is 12.3 Å². The molecular weight excluding hydrogens is 242 g/mol. The number of rotatable bonds is 4. The lowest BCUT2D eigenvalue weighted by atomic mass is 9.83. The summed E-state index contributed by atoms with van der Waals surface area (Å²) in [6.07, 6.45) is 10.2. The van der Waals surface area contributed by atoms with Gasteiger partial charge in [-0.15, -0.1) is 0 Å². The minimum Gasteiger partial charge on any atom is -0.325 e. The van der Waals surface area contributed by atoms with E-state index in [1.54, 1.807) is 0 Å². The molecule has 1 fully saturated rings. The van der Waals surface area contributed by atoms with Gasteiger partial charge >= 0.3 is 0 Å². The topological polar surface area (TPSA) is 26.0 Å². The zero-order chi connectivity index (χ0) is 14.6. The zero-order valence-corrected chi connectivity index (χ0v) is 13.5. The van der Waals surface area contributed by atoms with Gasteiger partial charge in [0, 0.05) is 5.54 Å². The maximum atomic E-state index is 6.77. The van der Waals surface area contributed by atoms with Crippen molar-refractivity contribution in [2.75, 3.05) is 0 Å². The molecule has 2 rings (SSSR count). The summed E-state index contributed by atoms with van der Waals surface area (Å²) in [4.78, 5) is 0. The Morgan fingerprint density at radius 2 is 2.00 bits per heavy atom. The highest BCUT2D eigenvalue weighted by Gasteiger charge is 2.29. The third-order valence-electron chi connectivity index (χ3n) is 5.08. The van der Waals surface area contributed by atoms with Crippen LogP contribution < -0.4 is 5.73 Å². The highest BCUT2D eigenvalue weighted by Crippen LogP contribution is 2.33. The third-order valence-corrected chi connectivity index (χ3v) is 5.08. The van der Waals surface area contributed by atoms with Gasteiger partial charge in [-0.3, -0.25) is 0 Å². The highest BCUT2D eigenvalue weighted by molar-refractivity contribution is 5.32. The molecule has 20 heavy (non-hydrogen) atoms. The Bertz CT molecular complexity index is 437. The highest BCUT2D eigenvalue weighted by atomic mass is 14.7. The van der Waals surface area contributed by atoms with Gasteiger partial charge in [0.2, 0.25) is 0 Å². The molecule has 0 aromatic heterocycles. The molecule has 0 heterocycles. The Hall–Kier alpha value is -0.820. The molecule has 2 atom stereocenters. The maximum absolute atomic E-state index is 6.77. The summed E-state index contributed by atoms with van der Waals surface area (Å²) in [5.41, 5.74) is 11.0. The molecule has 1 heteroatoms. The van der Waals surface area contributed by atoms with E-state index in [4.69, 9.17) is 5.73 Å². The fourth-order valence-corrected chi connectivity index (χ4v) is 3.75. The van der Waals surface area contributed by atoms with E-state index in [1.807, 2.05) is 0 Å². The van der Waals surface area contributed by atoms with Crippen LogP contribution in [0.15, 0.2) is 18.2 Å².